The molecule has 1 saturated carbocycles. The predicted molar refractivity (Wildman–Crippen MR) is 96.0 cm³/mol. The molecule has 2 rings (SSSR count). The molecule has 1 fully saturated rings. The van der Waals surface area contributed by atoms with E-state index in [0.29, 0.717) is 23.7 Å². The summed E-state index contributed by atoms with van der Waals surface area (Å²) in [5.74, 6) is 0.243. The summed E-state index contributed by atoms with van der Waals surface area (Å²) in [7, 11) is 0. The molecule has 1 aliphatic carbocycles. The zero-order valence-electron chi connectivity index (χ0n) is 14.7. The maximum absolute atomic E-state index is 12.5. The van der Waals surface area contributed by atoms with Crippen LogP contribution in [-0.2, 0) is 0 Å². The number of nitrogens with two attached hydrogens (primary N) is 1. The van der Waals surface area contributed by atoms with E-state index in [2.05, 4.69) is 29.8 Å². The summed E-state index contributed by atoms with van der Waals surface area (Å²) in [6.45, 7) is 6.53. The monoisotopic (exact) mass is 332 g/mol. The average molecular weight is 332 g/mol. The van der Waals surface area contributed by atoms with Gasteiger partial charge in [0, 0.05) is 29.4 Å². The minimum Gasteiger partial charge on any atom is -0.346 e. The highest BCUT2D eigenvalue weighted by Gasteiger charge is 2.26. The van der Waals surface area contributed by atoms with Crippen LogP contribution in [-0.4, -0.2) is 30.1 Å². The number of carbonyl (C=O) groups excluding carboxylic acids is 2. The summed E-state index contributed by atoms with van der Waals surface area (Å²) >= 11 is 0. The summed E-state index contributed by atoms with van der Waals surface area (Å²) in [5.41, 5.74) is 6.50. The first-order chi connectivity index (χ1) is 11.3. The Morgan fingerprint density at radius 1 is 1.33 bits per heavy atom. The zero-order valence-corrected chi connectivity index (χ0v) is 14.7. The Hall–Kier alpha value is -2.08. The molecule has 3 amide bonds. The molecule has 0 aliphatic heterocycles. The van der Waals surface area contributed by atoms with Crippen molar-refractivity contribution in [3.05, 3.63) is 29.8 Å². The molecule has 24 heavy (non-hydrogen) atoms. The van der Waals surface area contributed by atoms with Crippen LogP contribution < -0.4 is 21.7 Å². The van der Waals surface area contributed by atoms with Gasteiger partial charge in [-0.15, -0.1) is 0 Å². The van der Waals surface area contributed by atoms with Gasteiger partial charge in [-0.25, -0.2) is 4.79 Å². The Labute approximate surface area is 143 Å². The standard InChI is InChI=1S/C18H28N4O2/c1-12(2)10-18(3,11-19)22-16(23)13-5-4-6-15(9-13)21-17(24)20-14-7-8-14/h4-6,9,12,14H,7-8,10-11,19H2,1-3H3,(H,22,23)(H2,20,21,24). The maximum Gasteiger partial charge on any atom is 0.319 e. The first kappa shape index (κ1) is 18.3. The van der Waals surface area contributed by atoms with E-state index in [1.54, 1.807) is 24.3 Å². The van der Waals surface area contributed by atoms with Gasteiger partial charge in [-0.2, -0.15) is 0 Å². The lowest BCUT2D eigenvalue weighted by Crippen LogP contribution is -2.52. The van der Waals surface area contributed by atoms with Crippen LogP contribution in [0.25, 0.3) is 0 Å². The van der Waals surface area contributed by atoms with Gasteiger partial charge in [-0.1, -0.05) is 19.9 Å². The minimum absolute atomic E-state index is 0.185. The normalized spacial score (nSPS) is 16.4. The van der Waals surface area contributed by atoms with Crippen LogP contribution >= 0.6 is 0 Å². The van der Waals surface area contributed by atoms with Crippen molar-refractivity contribution >= 4 is 17.6 Å². The summed E-state index contributed by atoms with van der Waals surface area (Å²) < 4.78 is 0. The van der Waals surface area contributed by atoms with Gasteiger partial charge in [0.2, 0.25) is 0 Å². The van der Waals surface area contributed by atoms with Crippen molar-refractivity contribution < 1.29 is 9.59 Å². The number of hydrogen-bond acceptors (Lipinski definition) is 3. The molecule has 0 heterocycles. The van der Waals surface area contributed by atoms with Crippen LogP contribution in [0.2, 0.25) is 0 Å². The number of rotatable bonds is 7. The molecule has 0 spiro atoms. The molecule has 6 heteroatoms. The lowest BCUT2D eigenvalue weighted by molar-refractivity contribution is 0.0898. The fraction of sp³-hybridized carbons (Fsp3) is 0.556. The van der Waals surface area contributed by atoms with Crippen LogP contribution in [0.5, 0.6) is 0 Å². The van der Waals surface area contributed by atoms with E-state index in [-0.39, 0.29) is 18.0 Å². The van der Waals surface area contributed by atoms with Crippen LogP contribution in [0.3, 0.4) is 0 Å². The van der Waals surface area contributed by atoms with E-state index in [9.17, 15) is 9.59 Å². The van der Waals surface area contributed by atoms with Gasteiger partial charge in [0.1, 0.15) is 0 Å². The second-order valence-electron chi connectivity index (χ2n) is 7.27. The van der Waals surface area contributed by atoms with Crippen LogP contribution in [0.15, 0.2) is 24.3 Å². The summed E-state index contributed by atoms with van der Waals surface area (Å²) in [5, 5.41) is 8.64. The predicted octanol–water partition coefficient (Wildman–Crippen LogP) is 2.46. The van der Waals surface area contributed by atoms with Crippen LogP contribution in [0.4, 0.5) is 10.5 Å². The Bertz CT molecular complexity index is 598. The number of hydrogen-bond donors (Lipinski definition) is 4. The molecule has 0 saturated heterocycles. The molecule has 6 nitrogen and oxygen atoms in total. The van der Waals surface area contributed by atoms with Crippen molar-refractivity contribution in [1.82, 2.24) is 10.6 Å². The highest BCUT2D eigenvalue weighted by atomic mass is 16.2. The third-order valence-electron chi connectivity index (χ3n) is 4.02. The first-order valence-corrected chi connectivity index (χ1v) is 8.51. The van der Waals surface area contributed by atoms with Crippen molar-refractivity contribution in [1.29, 1.82) is 0 Å². The number of benzene rings is 1. The lowest BCUT2D eigenvalue weighted by Gasteiger charge is -2.31. The van der Waals surface area contributed by atoms with Crippen molar-refractivity contribution in [2.45, 2.75) is 51.6 Å². The minimum atomic E-state index is -0.446. The Kier molecular flexibility index (Phi) is 5.83. The van der Waals surface area contributed by atoms with Gasteiger partial charge >= 0.3 is 6.03 Å². The van der Waals surface area contributed by atoms with Gasteiger partial charge < -0.3 is 21.7 Å². The van der Waals surface area contributed by atoms with E-state index in [0.717, 1.165) is 19.3 Å². The lowest BCUT2D eigenvalue weighted by atomic mass is 9.90. The number of carbonyl (C=O) groups is 2. The molecule has 0 aromatic heterocycles. The van der Waals surface area contributed by atoms with E-state index in [4.69, 9.17) is 5.73 Å². The Balaban J connectivity index is 2.00. The third-order valence-corrected chi connectivity index (χ3v) is 4.02. The van der Waals surface area contributed by atoms with Gasteiger partial charge in [0.05, 0.1) is 0 Å². The van der Waals surface area contributed by atoms with Crippen molar-refractivity contribution in [3.63, 3.8) is 0 Å². The number of anilines is 1. The average Bonchev–Trinajstić information content (AvgIpc) is 3.30. The molecule has 1 aromatic rings. The second kappa shape index (κ2) is 7.66. The quantitative estimate of drug-likeness (QED) is 0.617. The SMILES string of the molecule is CC(C)CC(C)(CN)NC(=O)c1cccc(NC(=O)NC2CC2)c1. The molecule has 1 aliphatic rings. The molecule has 1 aromatic carbocycles. The van der Waals surface area contributed by atoms with Crippen LogP contribution in [0.1, 0.15) is 50.4 Å². The molecule has 0 radical (unpaired) electrons. The molecule has 132 valence electrons. The zero-order chi connectivity index (χ0) is 17.7. The topological polar surface area (TPSA) is 96.2 Å². The smallest absolute Gasteiger partial charge is 0.319 e. The Morgan fingerprint density at radius 2 is 2.04 bits per heavy atom. The van der Waals surface area contributed by atoms with E-state index >= 15 is 0 Å². The van der Waals surface area contributed by atoms with E-state index in [1.165, 1.54) is 0 Å². The van der Waals surface area contributed by atoms with E-state index < -0.39 is 5.54 Å². The Morgan fingerprint density at radius 3 is 2.62 bits per heavy atom. The van der Waals surface area contributed by atoms with Gasteiger partial charge in [0.15, 0.2) is 0 Å². The first-order valence-electron chi connectivity index (χ1n) is 8.51. The second-order valence-corrected chi connectivity index (χ2v) is 7.27. The fourth-order valence-corrected chi connectivity index (χ4v) is 2.75. The van der Waals surface area contributed by atoms with Gasteiger partial charge in [-0.3, -0.25) is 4.79 Å². The fourth-order valence-electron chi connectivity index (χ4n) is 2.75. The van der Waals surface area contributed by atoms with Crippen molar-refractivity contribution in [2.24, 2.45) is 11.7 Å². The highest BCUT2D eigenvalue weighted by molar-refractivity contribution is 5.97. The number of nitrogens with one attached hydrogen (secondary N) is 3. The van der Waals surface area contributed by atoms with Crippen molar-refractivity contribution in [2.75, 3.05) is 11.9 Å². The molecule has 5 N–H and O–H groups in total. The molecule has 1 unspecified atom stereocenters. The molecular formula is C18H28N4O2. The van der Waals surface area contributed by atoms with E-state index in [1.807, 2.05) is 6.92 Å². The summed E-state index contributed by atoms with van der Waals surface area (Å²) in [6, 6.07) is 6.97. The van der Waals surface area contributed by atoms with Gasteiger partial charge in [-0.05, 0) is 50.3 Å². The molecule has 0 bridgehead atoms. The number of amides is 3. The molecular weight excluding hydrogens is 304 g/mol. The highest BCUT2D eigenvalue weighted by Crippen LogP contribution is 2.20. The summed E-state index contributed by atoms with van der Waals surface area (Å²) in [6.07, 6.45) is 2.86. The third kappa shape index (κ3) is 5.53. The largest absolute Gasteiger partial charge is 0.346 e. The van der Waals surface area contributed by atoms with Gasteiger partial charge in [0.25, 0.3) is 5.91 Å². The maximum atomic E-state index is 12.5. The molecule has 1 atom stereocenters. The number of urea groups is 1. The van der Waals surface area contributed by atoms with Crippen LogP contribution in [0, 0.1) is 5.92 Å². The summed E-state index contributed by atoms with van der Waals surface area (Å²) in [4.78, 5) is 24.3. The van der Waals surface area contributed by atoms with Crippen molar-refractivity contribution in [3.8, 4) is 0 Å².